The Labute approximate surface area is 200 Å². The molecule has 9 heteroatoms. The first-order valence-electron chi connectivity index (χ1n) is 11.9. The fraction of sp³-hybridized carbons (Fsp3) is 0.480. The first-order valence-corrected chi connectivity index (χ1v) is 13.4. The number of benzene rings is 2. The molecule has 3 heterocycles. The number of rotatable bonds is 7. The zero-order valence-electron chi connectivity index (χ0n) is 19.2. The van der Waals surface area contributed by atoms with Gasteiger partial charge in [0.2, 0.25) is 0 Å². The van der Waals surface area contributed by atoms with Crippen LogP contribution in [0.2, 0.25) is 0 Å². The van der Waals surface area contributed by atoms with Crippen LogP contribution in [0.1, 0.15) is 22.3 Å². The fourth-order valence-corrected chi connectivity index (χ4v) is 6.69. The van der Waals surface area contributed by atoms with Crippen LogP contribution in [-0.2, 0) is 25.9 Å². The number of ether oxygens (including phenoxy) is 2. The molecule has 2 fully saturated rings. The molecule has 0 radical (unpaired) electrons. The molecule has 2 atom stereocenters. The number of nitrogens with one attached hydrogen (secondary N) is 1. The van der Waals surface area contributed by atoms with Gasteiger partial charge in [0.05, 0.1) is 30.4 Å². The summed E-state index contributed by atoms with van der Waals surface area (Å²) < 4.78 is 39.3. The lowest BCUT2D eigenvalue weighted by Gasteiger charge is -2.37. The summed E-state index contributed by atoms with van der Waals surface area (Å²) >= 11 is 0. The Kier molecular flexibility index (Phi) is 6.87. The Hall–Kier alpha value is -2.46. The second-order valence-electron chi connectivity index (χ2n) is 9.03. The maximum atomic E-state index is 13.4. The number of amides is 1. The van der Waals surface area contributed by atoms with Gasteiger partial charge in [-0.15, -0.1) is 0 Å². The predicted molar refractivity (Wildman–Crippen MR) is 129 cm³/mol. The highest BCUT2D eigenvalue weighted by Crippen LogP contribution is 2.32. The van der Waals surface area contributed by atoms with Crippen LogP contribution in [0.5, 0.6) is 0 Å². The summed E-state index contributed by atoms with van der Waals surface area (Å²) in [6.07, 6.45) is 1.66. The lowest BCUT2D eigenvalue weighted by Crippen LogP contribution is -2.52. The fourth-order valence-electron chi connectivity index (χ4n) is 5.14. The van der Waals surface area contributed by atoms with Gasteiger partial charge in [-0.1, -0.05) is 24.3 Å². The van der Waals surface area contributed by atoms with Crippen molar-refractivity contribution in [2.24, 2.45) is 5.92 Å². The van der Waals surface area contributed by atoms with Crippen molar-refractivity contribution >= 4 is 21.6 Å². The summed E-state index contributed by atoms with van der Waals surface area (Å²) in [6, 6.07) is 14.0. The number of nitrogens with zero attached hydrogens (tertiary/aromatic N) is 2. The minimum absolute atomic E-state index is 0.130. The Morgan fingerprint density at radius 1 is 1.03 bits per heavy atom. The van der Waals surface area contributed by atoms with Crippen LogP contribution >= 0.6 is 0 Å². The quantitative estimate of drug-likeness (QED) is 0.645. The summed E-state index contributed by atoms with van der Waals surface area (Å²) in [5.74, 6) is 0.0939. The summed E-state index contributed by atoms with van der Waals surface area (Å²) in [6.45, 7) is 5.40. The molecule has 0 aliphatic carbocycles. The number of para-hydroxylation sites is 1. The average molecular weight is 486 g/mol. The van der Waals surface area contributed by atoms with Crippen molar-refractivity contribution in [3.8, 4) is 0 Å². The first-order chi connectivity index (χ1) is 16.5. The van der Waals surface area contributed by atoms with Gasteiger partial charge in [0.25, 0.3) is 15.9 Å². The zero-order valence-corrected chi connectivity index (χ0v) is 20.0. The minimum atomic E-state index is -3.75. The van der Waals surface area contributed by atoms with E-state index in [4.69, 9.17) is 9.47 Å². The van der Waals surface area contributed by atoms with Crippen LogP contribution in [0.15, 0.2) is 53.4 Å². The number of fused-ring (bicyclic) bond motifs is 1. The third-order valence-electron chi connectivity index (χ3n) is 7.02. The lowest BCUT2D eigenvalue weighted by molar-refractivity contribution is 0.00166. The summed E-state index contributed by atoms with van der Waals surface area (Å²) in [5.41, 5.74) is 2.08. The normalized spacial score (nSPS) is 21.9. The molecule has 0 saturated carbocycles. The Morgan fingerprint density at radius 2 is 1.85 bits per heavy atom. The second kappa shape index (κ2) is 10.0. The summed E-state index contributed by atoms with van der Waals surface area (Å²) in [4.78, 5) is 15.6. The van der Waals surface area contributed by atoms with Crippen molar-refractivity contribution < 1.29 is 22.7 Å². The molecule has 2 aromatic carbocycles. The number of hydrogen-bond acceptors (Lipinski definition) is 6. The van der Waals surface area contributed by atoms with E-state index in [0.29, 0.717) is 56.5 Å². The van der Waals surface area contributed by atoms with E-state index in [1.54, 1.807) is 18.2 Å². The molecule has 2 unspecified atom stereocenters. The van der Waals surface area contributed by atoms with E-state index >= 15 is 0 Å². The van der Waals surface area contributed by atoms with Crippen molar-refractivity contribution in [3.05, 3.63) is 59.7 Å². The van der Waals surface area contributed by atoms with E-state index in [2.05, 4.69) is 10.2 Å². The highest BCUT2D eigenvalue weighted by atomic mass is 32.2. The van der Waals surface area contributed by atoms with E-state index in [0.717, 1.165) is 31.7 Å². The highest BCUT2D eigenvalue weighted by Gasteiger charge is 2.33. The van der Waals surface area contributed by atoms with Crippen molar-refractivity contribution in [1.29, 1.82) is 0 Å². The predicted octanol–water partition coefficient (Wildman–Crippen LogP) is 1.91. The molecule has 0 bridgehead atoms. The van der Waals surface area contributed by atoms with Gasteiger partial charge in [-0.25, -0.2) is 8.42 Å². The van der Waals surface area contributed by atoms with Gasteiger partial charge >= 0.3 is 0 Å². The average Bonchev–Trinajstić information content (AvgIpc) is 3.56. The van der Waals surface area contributed by atoms with Crippen LogP contribution in [0.4, 0.5) is 5.69 Å². The van der Waals surface area contributed by atoms with Gasteiger partial charge in [-0.05, 0) is 42.7 Å². The number of carbonyl (C=O) groups is 1. The van der Waals surface area contributed by atoms with E-state index < -0.39 is 10.0 Å². The number of sulfonamides is 1. The van der Waals surface area contributed by atoms with E-state index in [1.807, 2.05) is 24.3 Å². The van der Waals surface area contributed by atoms with Crippen LogP contribution in [0.3, 0.4) is 0 Å². The van der Waals surface area contributed by atoms with E-state index in [1.165, 1.54) is 10.4 Å². The van der Waals surface area contributed by atoms with Gasteiger partial charge in [-0.3, -0.25) is 14.0 Å². The smallest absolute Gasteiger partial charge is 0.264 e. The molecule has 1 N–H and O–H groups in total. The summed E-state index contributed by atoms with van der Waals surface area (Å²) in [5, 5.41) is 3.05. The third kappa shape index (κ3) is 4.70. The SMILES string of the molecule is O=C(NCC(C1CCOC1)N1CCOCC1)c1cccc(S(=O)(=O)N2CCc3ccccc32)c1. The molecule has 3 aliphatic rings. The molecule has 2 aromatic rings. The number of anilines is 1. The number of carbonyl (C=O) groups excluding carboxylic acids is 1. The van der Waals surface area contributed by atoms with Gasteiger partial charge in [-0.2, -0.15) is 0 Å². The topological polar surface area (TPSA) is 88.2 Å². The summed E-state index contributed by atoms with van der Waals surface area (Å²) in [7, 11) is -3.75. The zero-order chi connectivity index (χ0) is 23.5. The molecule has 182 valence electrons. The second-order valence-corrected chi connectivity index (χ2v) is 10.9. The van der Waals surface area contributed by atoms with Crippen LogP contribution in [0, 0.1) is 5.92 Å². The molecule has 0 spiro atoms. The van der Waals surface area contributed by atoms with Gasteiger partial charge < -0.3 is 14.8 Å². The van der Waals surface area contributed by atoms with Crippen molar-refractivity contribution in [1.82, 2.24) is 10.2 Å². The van der Waals surface area contributed by atoms with Crippen LogP contribution in [-0.4, -0.2) is 77.9 Å². The van der Waals surface area contributed by atoms with E-state index in [9.17, 15) is 13.2 Å². The standard InChI is InChI=1S/C25H31N3O5S/c29-25(26-17-24(21-9-13-33-18-21)27-11-14-32-15-12-27)20-5-3-6-22(16-20)34(30,31)28-10-8-19-4-1-2-7-23(19)28/h1-7,16,21,24H,8-15,17-18H2,(H,26,29). The van der Waals surface area contributed by atoms with E-state index in [-0.39, 0.29) is 16.8 Å². The Bertz CT molecular complexity index is 1130. The third-order valence-corrected chi connectivity index (χ3v) is 8.83. The Balaban J connectivity index is 1.30. The maximum Gasteiger partial charge on any atom is 0.264 e. The van der Waals surface area contributed by atoms with Gasteiger partial charge in [0.15, 0.2) is 0 Å². The largest absolute Gasteiger partial charge is 0.381 e. The molecule has 5 rings (SSSR count). The highest BCUT2D eigenvalue weighted by molar-refractivity contribution is 7.92. The molecule has 0 aromatic heterocycles. The number of hydrogen-bond donors (Lipinski definition) is 1. The molecule has 8 nitrogen and oxygen atoms in total. The van der Waals surface area contributed by atoms with Crippen molar-refractivity contribution in [2.45, 2.75) is 23.8 Å². The van der Waals surface area contributed by atoms with Crippen LogP contribution < -0.4 is 9.62 Å². The number of morpholine rings is 1. The van der Waals surface area contributed by atoms with Gasteiger partial charge in [0.1, 0.15) is 0 Å². The van der Waals surface area contributed by atoms with Crippen molar-refractivity contribution in [2.75, 3.05) is 56.9 Å². The van der Waals surface area contributed by atoms with Gasteiger partial charge in [0, 0.05) is 50.3 Å². The maximum absolute atomic E-state index is 13.4. The molecule has 34 heavy (non-hydrogen) atoms. The lowest BCUT2D eigenvalue weighted by atomic mass is 9.96. The molecule has 3 aliphatic heterocycles. The van der Waals surface area contributed by atoms with Crippen LogP contribution in [0.25, 0.3) is 0 Å². The Morgan fingerprint density at radius 3 is 2.65 bits per heavy atom. The molecular formula is C25H31N3O5S. The first kappa shape index (κ1) is 23.3. The molecular weight excluding hydrogens is 454 g/mol. The minimum Gasteiger partial charge on any atom is -0.381 e. The monoisotopic (exact) mass is 485 g/mol. The van der Waals surface area contributed by atoms with Crippen molar-refractivity contribution in [3.63, 3.8) is 0 Å². The molecule has 1 amide bonds. The molecule has 2 saturated heterocycles.